The molecular formula is C44H82N4O4. The summed E-state index contributed by atoms with van der Waals surface area (Å²) >= 11 is 0. The van der Waals surface area contributed by atoms with E-state index < -0.39 is 5.97 Å². The summed E-state index contributed by atoms with van der Waals surface area (Å²) in [6.45, 7) is 10.2. The van der Waals surface area contributed by atoms with E-state index in [1.165, 1.54) is 103 Å². The standard InChI is InChI=1S/C42H78N4O2.C2H4O2/c1-3-5-7-9-11-13-15-17-19-21-23-25-27-29-31-33-41(47)45-39-37-43-35-36-44-38-40-46-42(48)34-32-30-28-26-24-22-20-18-16-14-12-10-8-6-4-2;1-2(3)4/h11-14,17-20,43-44H,3-10,15-16,21-40H2,1-2H3,(H,45,47)(H,46,48);1H3,(H,3,4). The zero-order chi connectivity index (χ0) is 38.4. The summed E-state index contributed by atoms with van der Waals surface area (Å²) in [4.78, 5) is 33.1. The third-order valence-corrected chi connectivity index (χ3v) is 8.44. The van der Waals surface area contributed by atoms with Crippen molar-refractivity contribution in [1.29, 1.82) is 0 Å². The molecule has 52 heavy (non-hydrogen) atoms. The summed E-state index contributed by atoms with van der Waals surface area (Å²) in [5.41, 5.74) is 0. The average Bonchev–Trinajstić information content (AvgIpc) is 3.12. The zero-order valence-corrected chi connectivity index (χ0v) is 34.0. The number of rotatable bonds is 37. The molecular weight excluding hydrogens is 649 g/mol. The fourth-order valence-electron chi connectivity index (χ4n) is 5.38. The first kappa shape index (κ1) is 51.4. The van der Waals surface area contributed by atoms with Crippen molar-refractivity contribution < 1.29 is 19.5 Å². The van der Waals surface area contributed by atoms with Crippen LogP contribution in [0.15, 0.2) is 48.6 Å². The van der Waals surface area contributed by atoms with Gasteiger partial charge in [-0.05, 0) is 77.0 Å². The van der Waals surface area contributed by atoms with Gasteiger partial charge in [0.1, 0.15) is 0 Å². The van der Waals surface area contributed by atoms with Gasteiger partial charge in [0.25, 0.3) is 5.97 Å². The minimum Gasteiger partial charge on any atom is -0.481 e. The first-order valence-corrected chi connectivity index (χ1v) is 21.2. The van der Waals surface area contributed by atoms with E-state index in [9.17, 15) is 9.59 Å². The van der Waals surface area contributed by atoms with Crippen molar-refractivity contribution in [2.75, 3.05) is 39.3 Å². The number of hydrogen-bond acceptors (Lipinski definition) is 5. The molecule has 0 bridgehead atoms. The second-order valence-electron chi connectivity index (χ2n) is 13.7. The number of carbonyl (C=O) groups is 3. The van der Waals surface area contributed by atoms with Crippen LogP contribution in [0.4, 0.5) is 0 Å². The Morgan fingerprint density at radius 1 is 0.423 bits per heavy atom. The number of carbonyl (C=O) groups excluding carboxylic acids is 2. The van der Waals surface area contributed by atoms with Crippen LogP contribution in [0, 0.1) is 0 Å². The van der Waals surface area contributed by atoms with E-state index in [0.717, 1.165) is 71.6 Å². The highest BCUT2D eigenvalue weighted by Crippen LogP contribution is 2.09. The van der Waals surface area contributed by atoms with Crippen LogP contribution in [0.25, 0.3) is 0 Å². The number of aliphatic carboxylic acids is 1. The lowest BCUT2D eigenvalue weighted by Crippen LogP contribution is -2.37. The van der Waals surface area contributed by atoms with Crippen molar-refractivity contribution in [1.82, 2.24) is 21.3 Å². The van der Waals surface area contributed by atoms with Crippen molar-refractivity contribution >= 4 is 17.8 Å². The van der Waals surface area contributed by atoms with E-state index in [4.69, 9.17) is 9.90 Å². The van der Waals surface area contributed by atoms with E-state index >= 15 is 0 Å². The summed E-state index contributed by atoms with van der Waals surface area (Å²) in [7, 11) is 0. The molecule has 0 aliphatic carbocycles. The molecule has 0 unspecified atom stereocenters. The molecule has 302 valence electrons. The Labute approximate surface area is 320 Å². The van der Waals surface area contributed by atoms with Crippen LogP contribution in [-0.4, -0.2) is 62.2 Å². The molecule has 8 heteroatoms. The monoisotopic (exact) mass is 731 g/mol. The topological polar surface area (TPSA) is 120 Å². The number of hydrogen-bond donors (Lipinski definition) is 5. The second kappa shape index (κ2) is 46.3. The number of carboxylic acid groups (broad SMARTS) is 1. The molecule has 0 aliphatic rings. The molecule has 0 atom stereocenters. The van der Waals surface area contributed by atoms with Crippen LogP contribution in [-0.2, 0) is 14.4 Å². The molecule has 5 N–H and O–H groups in total. The highest BCUT2D eigenvalue weighted by molar-refractivity contribution is 5.76. The maximum atomic E-state index is 12.0. The Morgan fingerprint density at radius 2 is 0.712 bits per heavy atom. The van der Waals surface area contributed by atoms with Gasteiger partial charge in [-0.1, -0.05) is 127 Å². The van der Waals surface area contributed by atoms with Crippen LogP contribution in [0.3, 0.4) is 0 Å². The van der Waals surface area contributed by atoms with E-state index in [-0.39, 0.29) is 11.8 Å². The van der Waals surface area contributed by atoms with Gasteiger partial charge in [0.2, 0.25) is 11.8 Å². The van der Waals surface area contributed by atoms with Gasteiger partial charge in [-0.3, -0.25) is 14.4 Å². The van der Waals surface area contributed by atoms with Crippen molar-refractivity contribution in [3.8, 4) is 0 Å². The lowest BCUT2D eigenvalue weighted by molar-refractivity contribution is -0.134. The summed E-state index contributed by atoms with van der Waals surface area (Å²) in [6.07, 6.45) is 46.1. The number of allylic oxidation sites excluding steroid dienone is 8. The summed E-state index contributed by atoms with van der Waals surface area (Å²) in [5.74, 6) is -0.507. The van der Waals surface area contributed by atoms with E-state index in [1.54, 1.807) is 0 Å². The molecule has 0 saturated carbocycles. The molecule has 0 aromatic rings. The molecule has 2 amide bonds. The summed E-state index contributed by atoms with van der Waals surface area (Å²) in [6, 6.07) is 0. The van der Waals surface area contributed by atoms with Gasteiger partial charge in [0.15, 0.2) is 0 Å². The Balaban J connectivity index is 0. The molecule has 0 aromatic carbocycles. The van der Waals surface area contributed by atoms with Gasteiger partial charge in [0, 0.05) is 59.0 Å². The van der Waals surface area contributed by atoms with Gasteiger partial charge in [0.05, 0.1) is 0 Å². The van der Waals surface area contributed by atoms with Crippen LogP contribution in [0.5, 0.6) is 0 Å². The molecule has 0 aliphatic heterocycles. The average molecular weight is 731 g/mol. The van der Waals surface area contributed by atoms with Gasteiger partial charge in [-0.15, -0.1) is 0 Å². The molecule has 0 rings (SSSR count). The third-order valence-electron chi connectivity index (χ3n) is 8.44. The van der Waals surface area contributed by atoms with Gasteiger partial charge in [-0.2, -0.15) is 0 Å². The maximum absolute atomic E-state index is 12.0. The number of nitrogens with one attached hydrogen (secondary N) is 4. The van der Waals surface area contributed by atoms with Crippen molar-refractivity contribution in [2.24, 2.45) is 0 Å². The summed E-state index contributed by atoms with van der Waals surface area (Å²) < 4.78 is 0. The number of carboxylic acids is 1. The fourth-order valence-corrected chi connectivity index (χ4v) is 5.38. The number of unbranched alkanes of at least 4 members (excludes halogenated alkanes) is 16. The molecule has 0 fully saturated rings. The third kappa shape index (κ3) is 51.7. The maximum Gasteiger partial charge on any atom is 0.300 e. The van der Waals surface area contributed by atoms with E-state index in [2.05, 4.69) is 83.7 Å². The predicted octanol–water partition coefficient (Wildman–Crippen LogP) is 10.1. The fraction of sp³-hybridized carbons (Fsp3) is 0.750. The molecule has 0 spiro atoms. The van der Waals surface area contributed by atoms with Gasteiger partial charge < -0.3 is 26.4 Å². The molecule has 0 aromatic heterocycles. The van der Waals surface area contributed by atoms with Crippen LogP contribution >= 0.6 is 0 Å². The molecule has 0 saturated heterocycles. The van der Waals surface area contributed by atoms with E-state index in [0.29, 0.717) is 25.9 Å². The Bertz CT molecular complexity index is 831. The molecule has 0 heterocycles. The first-order valence-electron chi connectivity index (χ1n) is 21.2. The molecule has 0 radical (unpaired) electrons. The molecule has 8 nitrogen and oxygen atoms in total. The Hall–Kier alpha value is -2.71. The number of amides is 2. The highest BCUT2D eigenvalue weighted by Gasteiger charge is 2.02. The summed E-state index contributed by atoms with van der Waals surface area (Å²) in [5, 5.41) is 20.2. The van der Waals surface area contributed by atoms with Gasteiger partial charge in [-0.25, -0.2) is 0 Å². The second-order valence-corrected chi connectivity index (χ2v) is 13.7. The largest absolute Gasteiger partial charge is 0.481 e. The smallest absolute Gasteiger partial charge is 0.300 e. The van der Waals surface area contributed by atoms with Crippen LogP contribution in [0.2, 0.25) is 0 Å². The normalized spacial score (nSPS) is 11.5. The minimum atomic E-state index is -0.833. The first-order chi connectivity index (χ1) is 25.4. The zero-order valence-electron chi connectivity index (χ0n) is 34.0. The van der Waals surface area contributed by atoms with Gasteiger partial charge >= 0.3 is 0 Å². The lowest BCUT2D eigenvalue weighted by atomic mass is 10.1. The SMILES string of the molecule is CC(=O)O.CCCCCC=CCC=CCCCCCCCC(=O)NCCNCCNCCNC(=O)CCCCCCCC=CCC=CCCCCC. The van der Waals surface area contributed by atoms with Crippen LogP contribution < -0.4 is 21.3 Å². The Morgan fingerprint density at radius 3 is 1.06 bits per heavy atom. The quantitative estimate of drug-likeness (QED) is 0.0321. The van der Waals surface area contributed by atoms with E-state index in [1.807, 2.05) is 0 Å². The van der Waals surface area contributed by atoms with Crippen molar-refractivity contribution in [2.45, 2.75) is 175 Å². The predicted molar refractivity (Wildman–Crippen MR) is 224 cm³/mol. The van der Waals surface area contributed by atoms with Crippen molar-refractivity contribution in [3.05, 3.63) is 48.6 Å². The highest BCUT2D eigenvalue weighted by atomic mass is 16.4. The minimum absolute atomic E-state index is 0.163. The van der Waals surface area contributed by atoms with Crippen molar-refractivity contribution in [3.63, 3.8) is 0 Å². The lowest BCUT2D eigenvalue weighted by Gasteiger charge is -2.09. The Kier molecular flexibility index (Phi) is 45.8. The van der Waals surface area contributed by atoms with Crippen LogP contribution in [0.1, 0.15) is 175 Å².